The van der Waals surface area contributed by atoms with Crippen molar-refractivity contribution in [2.24, 2.45) is 0 Å². The summed E-state index contributed by atoms with van der Waals surface area (Å²) in [5.41, 5.74) is 2.26. The van der Waals surface area contributed by atoms with Crippen molar-refractivity contribution in [1.82, 2.24) is 15.1 Å². The number of hydrogen-bond donors (Lipinski definition) is 1. The maximum atomic E-state index is 12.9. The van der Waals surface area contributed by atoms with Gasteiger partial charge in [0.2, 0.25) is 11.8 Å². The van der Waals surface area contributed by atoms with Crippen LogP contribution in [0.3, 0.4) is 0 Å². The molecule has 2 amide bonds. The summed E-state index contributed by atoms with van der Waals surface area (Å²) in [5, 5.41) is 5.09. The van der Waals surface area contributed by atoms with Gasteiger partial charge in [0, 0.05) is 32.7 Å². The zero-order valence-corrected chi connectivity index (χ0v) is 18.0. The van der Waals surface area contributed by atoms with E-state index in [-0.39, 0.29) is 18.2 Å². The molecule has 3 aromatic carbocycles. The number of rotatable bonds is 6. The Balaban J connectivity index is 1.28. The van der Waals surface area contributed by atoms with Gasteiger partial charge in [-0.2, -0.15) is 0 Å². The average molecular weight is 416 g/mol. The highest BCUT2D eigenvalue weighted by molar-refractivity contribution is 5.92. The molecule has 1 aliphatic rings. The monoisotopic (exact) mass is 415 g/mol. The Labute approximate surface area is 183 Å². The molecule has 31 heavy (non-hydrogen) atoms. The van der Waals surface area contributed by atoms with Crippen LogP contribution in [0.5, 0.6) is 0 Å². The van der Waals surface area contributed by atoms with Gasteiger partial charge in [0.05, 0.1) is 6.42 Å². The van der Waals surface area contributed by atoms with E-state index >= 15 is 0 Å². The van der Waals surface area contributed by atoms with Crippen LogP contribution in [0.1, 0.15) is 18.1 Å². The Kier molecular flexibility index (Phi) is 6.63. The van der Waals surface area contributed by atoms with E-state index in [4.69, 9.17) is 0 Å². The molecule has 0 unspecified atom stereocenters. The molecule has 0 bridgehead atoms. The molecule has 5 nitrogen and oxygen atoms in total. The molecule has 160 valence electrons. The smallest absolute Gasteiger partial charge is 0.244 e. The van der Waals surface area contributed by atoms with Gasteiger partial charge in [0.1, 0.15) is 6.04 Å². The number of carbonyl (C=O) groups is 2. The maximum absolute atomic E-state index is 12.9. The van der Waals surface area contributed by atoms with Crippen LogP contribution in [0, 0.1) is 0 Å². The molecule has 1 saturated heterocycles. The van der Waals surface area contributed by atoms with E-state index in [1.807, 2.05) is 53.4 Å². The number of hydrogen-bond acceptors (Lipinski definition) is 3. The van der Waals surface area contributed by atoms with Gasteiger partial charge in [-0.05, 0) is 28.8 Å². The topological polar surface area (TPSA) is 52.7 Å². The summed E-state index contributed by atoms with van der Waals surface area (Å²) in [5.74, 6) is -0.134. The molecule has 4 rings (SSSR count). The van der Waals surface area contributed by atoms with Crippen molar-refractivity contribution in [1.29, 1.82) is 0 Å². The molecule has 0 radical (unpaired) electrons. The summed E-state index contributed by atoms with van der Waals surface area (Å²) in [6.07, 6.45) is 0.268. The second-order valence-electron chi connectivity index (χ2n) is 8.19. The Morgan fingerprint density at radius 1 is 0.871 bits per heavy atom. The Hall–Kier alpha value is -3.18. The van der Waals surface area contributed by atoms with Gasteiger partial charge in [0.15, 0.2) is 0 Å². The maximum Gasteiger partial charge on any atom is 0.244 e. The van der Waals surface area contributed by atoms with Crippen molar-refractivity contribution in [2.75, 3.05) is 26.2 Å². The van der Waals surface area contributed by atoms with Gasteiger partial charge in [-0.1, -0.05) is 72.8 Å². The standard InChI is InChI=1S/C26H29N3O2/c1-20(27-25(30)18-23-12-7-11-22-10-5-6-13-24(22)23)26(31)29-16-14-28(15-17-29)19-21-8-3-2-4-9-21/h2-13,20H,14-19H2,1H3,(H,27,30)/t20-/m0/s1. The summed E-state index contributed by atoms with van der Waals surface area (Å²) < 4.78 is 0. The van der Waals surface area contributed by atoms with E-state index in [2.05, 4.69) is 34.5 Å². The van der Waals surface area contributed by atoms with E-state index in [0.717, 1.165) is 36.0 Å². The molecular formula is C26H29N3O2. The van der Waals surface area contributed by atoms with Crippen LogP contribution < -0.4 is 5.32 Å². The van der Waals surface area contributed by atoms with Crippen molar-refractivity contribution in [3.05, 3.63) is 83.9 Å². The number of piperazine rings is 1. The third-order valence-electron chi connectivity index (χ3n) is 5.91. The van der Waals surface area contributed by atoms with Crippen molar-refractivity contribution in [2.45, 2.75) is 25.9 Å². The van der Waals surface area contributed by atoms with Crippen LogP contribution in [-0.2, 0) is 22.6 Å². The Morgan fingerprint density at radius 2 is 1.55 bits per heavy atom. The number of nitrogens with one attached hydrogen (secondary N) is 1. The van der Waals surface area contributed by atoms with Gasteiger partial charge in [-0.25, -0.2) is 0 Å². The Bertz CT molecular complexity index is 1040. The van der Waals surface area contributed by atoms with E-state index in [9.17, 15) is 9.59 Å². The van der Waals surface area contributed by atoms with Gasteiger partial charge in [0.25, 0.3) is 0 Å². The van der Waals surface area contributed by atoms with Crippen LogP contribution in [0.4, 0.5) is 0 Å². The second-order valence-corrected chi connectivity index (χ2v) is 8.19. The lowest BCUT2D eigenvalue weighted by molar-refractivity contribution is -0.137. The SMILES string of the molecule is C[C@H](NC(=O)Cc1cccc2ccccc12)C(=O)N1CCN(Cc2ccccc2)CC1. The zero-order chi connectivity index (χ0) is 21.6. The first-order chi connectivity index (χ1) is 15.1. The number of amides is 2. The highest BCUT2D eigenvalue weighted by Gasteiger charge is 2.26. The highest BCUT2D eigenvalue weighted by atomic mass is 16.2. The van der Waals surface area contributed by atoms with Gasteiger partial charge < -0.3 is 10.2 Å². The normalized spacial score (nSPS) is 15.6. The first-order valence-electron chi connectivity index (χ1n) is 10.9. The molecule has 0 spiro atoms. The third-order valence-corrected chi connectivity index (χ3v) is 5.91. The van der Waals surface area contributed by atoms with Crippen molar-refractivity contribution in [3.63, 3.8) is 0 Å². The van der Waals surface area contributed by atoms with Crippen LogP contribution in [0.25, 0.3) is 10.8 Å². The minimum absolute atomic E-state index is 0.00868. The number of benzene rings is 3. The first-order valence-corrected chi connectivity index (χ1v) is 10.9. The molecule has 5 heteroatoms. The fraction of sp³-hybridized carbons (Fsp3) is 0.308. The summed E-state index contributed by atoms with van der Waals surface area (Å²) in [6, 6.07) is 23.9. The van der Waals surface area contributed by atoms with Gasteiger partial charge in [-0.3, -0.25) is 14.5 Å². The summed E-state index contributed by atoms with van der Waals surface area (Å²) in [6.45, 7) is 5.75. The van der Waals surface area contributed by atoms with E-state index in [1.165, 1.54) is 5.56 Å². The number of carbonyl (C=O) groups excluding carboxylic acids is 2. The van der Waals surface area contributed by atoms with Gasteiger partial charge in [-0.15, -0.1) is 0 Å². The largest absolute Gasteiger partial charge is 0.344 e. The zero-order valence-electron chi connectivity index (χ0n) is 18.0. The van der Waals surface area contributed by atoms with Crippen LogP contribution >= 0.6 is 0 Å². The summed E-state index contributed by atoms with van der Waals surface area (Å²) in [7, 11) is 0. The van der Waals surface area contributed by atoms with E-state index in [0.29, 0.717) is 13.1 Å². The van der Waals surface area contributed by atoms with E-state index in [1.54, 1.807) is 6.92 Å². The van der Waals surface area contributed by atoms with Crippen molar-refractivity contribution >= 4 is 22.6 Å². The molecule has 1 atom stereocenters. The number of fused-ring (bicyclic) bond motifs is 1. The van der Waals surface area contributed by atoms with E-state index < -0.39 is 6.04 Å². The fourth-order valence-corrected chi connectivity index (χ4v) is 4.22. The molecule has 1 aliphatic heterocycles. The van der Waals surface area contributed by atoms with Crippen LogP contribution in [0.2, 0.25) is 0 Å². The molecule has 1 fully saturated rings. The highest BCUT2D eigenvalue weighted by Crippen LogP contribution is 2.19. The molecule has 1 N–H and O–H groups in total. The van der Waals surface area contributed by atoms with Crippen molar-refractivity contribution < 1.29 is 9.59 Å². The summed E-state index contributed by atoms with van der Waals surface area (Å²) >= 11 is 0. The summed E-state index contributed by atoms with van der Waals surface area (Å²) in [4.78, 5) is 29.7. The lowest BCUT2D eigenvalue weighted by atomic mass is 10.0. The number of nitrogens with zero attached hydrogens (tertiary/aromatic N) is 2. The third kappa shape index (κ3) is 5.30. The first kappa shape index (κ1) is 21.1. The van der Waals surface area contributed by atoms with Crippen LogP contribution in [0.15, 0.2) is 72.8 Å². The predicted octanol–water partition coefficient (Wildman–Crippen LogP) is 3.23. The predicted molar refractivity (Wildman–Crippen MR) is 124 cm³/mol. The quantitative estimate of drug-likeness (QED) is 0.673. The molecular weight excluding hydrogens is 386 g/mol. The molecule has 0 aromatic heterocycles. The lowest BCUT2D eigenvalue weighted by Crippen LogP contribution is -2.54. The molecule has 0 aliphatic carbocycles. The van der Waals surface area contributed by atoms with Gasteiger partial charge >= 0.3 is 0 Å². The minimum Gasteiger partial charge on any atom is -0.344 e. The fourth-order valence-electron chi connectivity index (χ4n) is 4.22. The molecule has 0 saturated carbocycles. The molecule has 3 aromatic rings. The molecule has 1 heterocycles. The van der Waals surface area contributed by atoms with Crippen molar-refractivity contribution in [3.8, 4) is 0 Å². The van der Waals surface area contributed by atoms with Crippen LogP contribution in [-0.4, -0.2) is 53.8 Å². The minimum atomic E-state index is -0.525. The lowest BCUT2D eigenvalue weighted by Gasteiger charge is -2.36. The average Bonchev–Trinajstić information content (AvgIpc) is 2.80. The second kappa shape index (κ2) is 9.75. The Morgan fingerprint density at radius 3 is 2.32 bits per heavy atom.